The Kier molecular flexibility index (Phi) is 10.8. The predicted molar refractivity (Wildman–Crippen MR) is 184 cm³/mol. The molecule has 0 atom stereocenters. The van der Waals surface area contributed by atoms with Crippen molar-refractivity contribution in [2.45, 2.75) is 13.5 Å². The first-order chi connectivity index (χ1) is 22.0. The molecule has 0 aliphatic rings. The molecule has 0 saturated carbocycles. The maximum Gasteiger partial charge on any atom is 0.411 e. The van der Waals surface area contributed by atoms with Crippen molar-refractivity contribution in [1.29, 1.82) is 0 Å². The van der Waals surface area contributed by atoms with Gasteiger partial charge in [0, 0.05) is 58.4 Å². The number of nitrogens with zero attached hydrogens (tertiary/aromatic N) is 2. The van der Waals surface area contributed by atoms with Gasteiger partial charge in [-0.1, -0.05) is 36.4 Å². The number of ether oxygens (including phenoxy) is 2. The van der Waals surface area contributed by atoms with Crippen molar-refractivity contribution in [3.63, 3.8) is 0 Å². The van der Waals surface area contributed by atoms with Gasteiger partial charge < -0.3 is 19.7 Å². The first kappa shape index (κ1) is 31.7. The maximum absolute atomic E-state index is 12.7. The van der Waals surface area contributed by atoms with Gasteiger partial charge in [0.05, 0.1) is 23.3 Å². The van der Waals surface area contributed by atoms with E-state index in [0.29, 0.717) is 47.5 Å². The number of carbonyl (C=O) groups is 2. The molecule has 1 heterocycles. The van der Waals surface area contributed by atoms with Crippen LogP contribution in [0.25, 0.3) is 21.8 Å². The van der Waals surface area contributed by atoms with Crippen molar-refractivity contribution < 1.29 is 19.1 Å². The Morgan fingerprint density at radius 2 is 1.31 bits per heavy atom. The van der Waals surface area contributed by atoms with E-state index >= 15 is 0 Å². The normalized spacial score (nSPS) is 10.8. The number of rotatable bonds is 12. The van der Waals surface area contributed by atoms with E-state index in [-0.39, 0.29) is 13.2 Å². The number of anilines is 5. The Hall–Kier alpha value is -4.73. The highest BCUT2D eigenvalue weighted by Crippen LogP contribution is 2.34. The number of carbonyl (C=O) groups excluding carboxylic acids is 2. The summed E-state index contributed by atoms with van der Waals surface area (Å²) >= 11 is 11.8. The zero-order valence-electron chi connectivity index (χ0n) is 24.7. The maximum atomic E-state index is 12.7. The molecule has 0 aliphatic carbocycles. The molecule has 0 fully saturated rings. The smallest absolute Gasteiger partial charge is 0.411 e. The van der Waals surface area contributed by atoms with Crippen LogP contribution in [-0.4, -0.2) is 48.6 Å². The average Bonchev–Trinajstić information content (AvgIpc) is 3.04. The Labute approximate surface area is 271 Å². The number of para-hydroxylation sites is 2. The summed E-state index contributed by atoms with van der Waals surface area (Å²) in [6.07, 6.45) is -1.20. The van der Waals surface area contributed by atoms with E-state index in [0.717, 1.165) is 33.2 Å². The van der Waals surface area contributed by atoms with Crippen LogP contribution in [0.5, 0.6) is 0 Å². The molecule has 2 amide bonds. The lowest BCUT2D eigenvalue weighted by molar-refractivity contribution is 0.155. The number of amides is 2. The third kappa shape index (κ3) is 8.26. The van der Waals surface area contributed by atoms with Gasteiger partial charge >= 0.3 is 12.2 Å². The van der Waals surface area contributed by atoms with Crippen LogP contribution < -0.4 is 20.9 Å². The van der Waals surface area contributed by atoms with E-state index in [1.165, 1.54) is 0 Å². The minimum absolute atomic E-state index is 0.0476. The zero-order valence-corrected chi connectivity index (χ0v) is 26.2. The van der Waals surface area contributed by atoms with E-state index < -0.39 is 12.2 Å². The number of alkyl halides is 2. The molecule has 45 heavy (non-hydrogen) atoms. The van der Waals surface area contributed by atoms with Gasteiger partial charge in [0.25, 0.3) is 0 Å². The molecule has 232 valence electrons. The minimum Gasteiger partial charge on any atom is -0.450 e. The topological polar surface area (TPSA) is 105 Å². The van der Waals surface area contributed by atoms with Crippen LogP contribution >= 0.6 is 23.2 Å². The van der Waals surface area contributed by atoms with Crippen molar-refractivity contribution in [2.24, 2.45) is 0 Å². The van der Waals surface area contributed by atoms with Crippen LogP contribution in [0, 0.1) is 0 Å². The molecule has 3 N–H and O–H groups in total. The second-order valence-electron chi connectivity index (χ2n) is 10.0. The molecular weight excluding hydrogens is 613 g/mol. The fourth-order valence-corrected chi connectivity index (χ4v) is 5.36. The molecule has 1 aromatic heterocycles. The Balaban J connectivity index is 1.35. The molecule has 9 nitrogen and oxygen atoms in total. The lowest BCUT2D eigenvalue weighted by Gasteiger charge is -2.23. The molecule has 11 heteroatoms. The van der Waals surface area contributed by atoms with Crippen molar-refractivity contribution in [3.05, 3.63) is 96.6 Å². The molecule has 0 bridgehead atoms. The lowest BCUT2D eigenvalue weighted by Crippen LogP contribution is -2.27. The molecule has 5 rings (SSSR count). The van der Waals surface area contributed by atoms with Crippen LogP contribution in [0.4, 0.5) is 38.0 Å². The van der Waals surface area contributed by atoms with Crippen molar-refractivity contribution >= 4 is 85.6 Å². The monoisotopic (exact) mass is 645 g/mol. The lowest BCUT2D eigenvalue weighted by atomic mass is 10.1. The summed E-state index contributed by atoms with van der Waals surface area (Å²) in [4.78, 5) is 31.9. The number of aromatic nitrogens is 1. The second-order valence-corrected chi connectivity index (χ2v) is 10.8. The Morgan fingerprint density at radius 3 is 1.93 bits per heavy atom. The van der Waals surface area contributed by atoms with Gasteiger partial charge in [-0.15, -0.1) is 23.2 Å². The molecule has 0 unspecified atom stereocenters. The Morgan fingerprint density at radius 1 is 0.733 bits per heavy atom. The summed E-state index contributed by atoms with van der Waals surface area (Å²) in [5.41, 5.74) is 5.91. The van der Waals surface area contributed by atoms with Gasteiger partial charge in [0.1, 0.15) is 6.61 Å². The standard InChI is InChI=1S/C34H33Cl2N5O4/c1-2-44-33(42)39-26-20-23(22-45-34(43)38-24-11-13-27(14-12-24)41(17-15-35)18-16-36)19-25(21-26)37-32-28-7-3-5-9-30(28)40-31-10-6-4-8-29(31)32/h3-14,19-21H,2,15-18,22H2,1H3,(H,37,40)(H,38,43)(H,39,42). The van der Waals surface area contributed by atoms with E-state index in [1.807, 2.05) is 66.7 Å². The minimum atomic E-state index is -0.620. The molecule has 0 aliphatic heterocycles. The highest BCUT2D eigenvalue weighted by molar-refractivity contribution is 6.18. The van der Waals surface area contributed by atoms with Gasteiger partial charge in [0.2, 0.25) is 0 Å². The zero-order chi connectivity index (χ0) is 31.6. The quantitative estimate of drug-likeness (QED) is 0.0920. The summed E-state index contributed by atoms with van der Waals surface area (Å²) in [6.45, 7) is 3.25. The van der Waals surface area contributed by atoms with Gasteiger partial charge in [0.15, 0.2) is 0 Å². The summed E-state index contributed by atoms with van der Waals surface area (Å²) in [5, 5.41) is 10.9. The van der Waals surface area contributed by atoms with Crippen molar-refractivity contribution in [3.8, 4) is 0 Å². The first-order valence-electron chi connectivity index (χ1n) is 14.5. The van der Waals surface area contributed by atoms with Crippen LogP contribution in [0.15, 0.2) is 91.0 Å². The molecule has 0 spiro atoms. The Bertz CT molecular complexity index is 1720. The molecule has 0 saturated heterocycles. The third-order valence-electron chi connectivity index (χ3n) is 6.93. The van der Waals surface area contributed by atoms with E-state index in [4.69, 9.17) is 37.7 Å². The van der Waals surface area contributed by atoms with Crippen LogP contribution in [-0.2, 0) is 16.1 Å². The number of benzene rings is 4. The SMILES string of the molecule is CCOC(=O)Nc1cc(COC(=O)Nc2ccc(N(CCCl)CCCl)cc2)cc(Nc2c3ccccc3nc3ccccc23)c1. The molecular formula is C34H33Cl2N5O4. The van der Waals surface area contributed by atoms with E-state index in [2.05, 4.69) is 20.9 Å². The number of nitrogens with one attached hydrogen (secondary N) is 3. The summed E-state index contributed by atoms with van der Waals surface area (Å²) in [6, 6.07) is 28.5. The van der Waals surface area contributed by atoms with E-state index in [1.54, 1.807) is 31.2 Å². The van der Waals surface area contributed by atoms with E-state index in [9.17, 15) is 9.59 Å². The highest BCUT2D eigenvalue weighted by Gasteiger charge is 2.13. The van der Waals surface area contributed by atoms with Gasteiger partial charge in [-0.3, -0.25) is 10.6 Å². The number of halogens is 2. The summed E-state index contributed by atoms with van der Waals surface area (Å²) in [5.74, 6) is 0.958. The van der Waals surface area contributed by atoms with Crippen molar-refractivity contribution in [1.82, 2.24) is 4.98 Å². The van der Waals surface area contributed by atoms with Crippen LogP contribution in [0.2, 0.25) is 0 Å². The molecule has 4 aromatic carbocycles. The van der Waals surface area contributed by atoms with Gasteiger partial charge in [-0.05, 0) is 67.1 Å². The number of pyridine rings is 1. The summed E-state index contributed by atoms with van der Waals surface area (Å²) < 4.78 is 10.6. The third-order valence-corrected chi connectivity index (χ3v) is 7.27. The van der Waals surface area contributed by atoms with Crippen LogP contribution in [0.1, 0.15) is 12.5 Å². The van der Waals surface area contributed by atoms with Crippen LogP contribution in [0.3, 0.4) is 0 Å². The average molecular weight is 647 g/mol. The molecule has 0 radical (unpaired) electrons. The largest absolute Gasteiger partial charge is 0.450 e. The van der Waals surface area contributed by atoms with Crippen molar-refractivity contribution in [2.75, 3.05) is 52.3 Å². The predicted octanol–water partition coefficient (Wildman–Crippen LogP) is 8.73. The first-order valence-corrected chi connectivity index (χ1v) is 15.6. The fourth-order valence-electron chi connectivity index (χ4n) is 4.96. The van der Waals surface area contributed by atoms with Gasteiger partial charge in [-0.25, -0.2) is 14.6 Å². The highest BCUT2D eigenvalue weighted by atomic mass is 35.5. The number of hydrogen-bond donors (Lipinski definition) is 3. The number of hydrogen-bond acceptors (Lipinski definition) is 7. The molecule has 5 aromatic rings. The fraction of sp³-hybridized carbons (Fsp3) is 0.206. The van der Waals surface area contributed by atoms with Gasteiger partial charge in [-0.2, -0.15) is 0 Å². The second kappa shape index (κ2) is 15.3. The number of fused-ring (bicyclic) bond motifs is 2. The summed E-state index contributed by atoms with van der Waals surface area (Å²) in [7, 11) is 0.